The second-order valence-corrected chi connectivity index (χ2v) is 6.66. The van der Waals surface area contributed by atoms with Gasteiger partial charge in [0.2, 0.25) is 5.91 Å². The van der Waals surface area contributed by atoms with Gasteiger partial charge >= 0.3 is 0 Å². The van der Waals surface area contributed by atoms with Gasteiger partial charge < -0.3 is 14.0 Å². The van der Waals surface area contributed by atoms with E-state index in [4.69, 9.17) is 0 Å². The Hall–Kier alpha value is -2.22. The van der Waals surface area contributed by atoms with Crippen molar-refractivity contribution in [3.63, 3.8) is 0 Å². The first-order valence-corrected chi connectivity index (χ1v) is 8.57. The highest BCUT2D eigenvalue weighted by Crippen LogP contribution is 2.18. The van der Waals surface area contributed by atoms with Crippen LogP contribution in [0, 0.1) is 0 Å². The molecule has 24 heavy (non-hydrogen) atoms. The molecule has 1 amide bonds. The van der Waals surface area contributed by atoms with Crippen molar-refractivity contribution in [3.05, 3.63) is 29.9 Å². The molecule has 8 nitrogen and oxygen atoms in total. The summed E-state index contributed by atoms with van der Waals surface area (Å²) < 4.78 is 4.26. The summed E-state index contributed by atoms with van der Waals surface area (Å²) in [7, 11) is 2.02. The Morgan fingerprint density at radius 3 is 2.79 bits per heavy atom. The number of nitrogens with zero attached hydrogens (tertiary/aromatic N) is 7. The molecule has 2 aromatic heterocycles. The number of likely N-dealkylation sites (tertiary alicyclic amines) is 1. The Morgan fingerprint density at radius 2 is 2.04 bits per heavy atom. The number of imidazole rings is 1. The zero-order valence-electron chi connectivity index (χ0n) is 14.1. The maximum absolute atomic E-state index is 11.9. The lowest BCUT2D eigenvalue weighted by Gasteiger charge is -2.18. The average molecular weight is 329 g/mol. The van der Waals surface area contributed by atoms with Crippen LogP contribution < -0.4 is 0 Å². The van der Waals surface area contributed by atoms with E-state index in [1.165, 1.54) is 5.69 Å². The van der Waals surface area contributed by atoms with Crippen LogP contribution >= 0.6 is 0 Å². The predicted octanol–water partition coefficient (Wildman–Crippen LogP) is 0.540. The molecule has 0 N–H and O–H groups in total. The zero-order valence-corrected chi connectivity index (χ0v) is 14.1. The molecule has 8 heteroatoms. The number of hydrogen-bond acceptors (Lipinski definition) is 5. The fourth-order valence-electron chi connectivity index (χ4n) is 3.54. The predicted molar refractivity (Wildman–Crippen MR) is 86.6 cm³/mol. The van der Waals surface area contributed by atoms with Crippen LogP contribution in [0.5, 0.6) is 0 Å². The number of amides is 1. The molecule has 0 spiro atoms. The third kappa shape index (κ3) is 2.93. The van der Waals surface area contributed by atoms with Gasteiger partial charge in [-0.15, -0.1) is 10.2 Å². The van der Waals surface area contributed by atoms with E-state index in [1.54, 1.807) is 0 Å². The van der Waals surface area contributed by atoms with Crippen molar-refractivity contribution in [1.82, 2.24) is 34.1 Å². The van der Waals surface area contributed by atoms with Gasteiger partial charge in [-0.05, 0) is 12.8 Å². The second kappa shape index (κ2) is 6.35. The molecule has 1 saturated heterocycles. The number of hydrogen-bond donors (Lipinski definition) is 0. The SMILES string of the molecule is Cn1cncc1CN1CCCn2c(nnc2CN2CCCC2=O)C1. The summed E-state index contributed by atoms with van der Waals surface area (Å²) >= 11 is 0. The van der Waals surface area contributed by atoms with Crippen molar-refractivity contribution < 1.29 is 4.79 Å². The van der Waals surface area contributed by atoms with Gasteiger partial charge in [-0.25, -0.2) is 4.98 Å². The molecule has 1 fully saturated rings. The fraction of sp³-hybridized carbons (Fsp3) is 0.625. The number of aromatic nitrogens is 5. The normalized spacial score (nSPS) is 18.9. The van der Waals surface area contributed by atoms with Gasteiger partial charge in [0.1, 0.15) is 5.82 Å². The maximum Gasteiger partial charge on any atom is 0.223 e. The number of carbonyl (C=O) groups excluding carboxylic acids is 1. The molecule has 2 aromatic rings. The molecule has 4 rings (SSSR count). The lowest BCUT2D eigenvalue weighted by molar-refractivity contribution is -0.128. The zero-order chi connectivity index (χ0) is 16.5. The highest BCUT2D eigenvalue weighted by atomic mass is 16.2. The van der Waals surface area contributed by atoms with E-state index in [0.29, 0.717) is 13.0 Å². The Morgan fingerprint density at radius 1 is 1.12 bits per heavy atom. The minimum atomic E-state index is 0.235. The molecule has 0 bridgehead atoms. The number of aryl methyl sites for hydroxylation is 1. The van der Waals surface area contributed by atoms with Gasteiger partial charge in [0, 0.05) is 45.8 Å². The van der Waals surface area contributed by atoms with E-state index in [0.717, 1.165) is 57.2 Å². The third-order valence-corrected chi connectivity index (χ3v) is 4.93. The molecule has 0 saturated carbocycles. The summed E-state index contributed by atoms with van der Waals surface area (Å²) in [6, 6.07) is 0. The van der Waals surface area contributed by atoms with Gasteiger partial charge in [0.25, 0.3) is 0 Å². The smallest absolute Gasteiger partial charge is 0.223 e. The quantitative estimate of drug-likeness (QED) is 0.819. The largest absolute Gasteiger partial charge is 0.337 e. The standard InChI is InChI=1S/C16H23N7O/c1-20-12-17-8-13(20)9-21-5-3-7-23-14(10-21)18-19-15(23)11-22-6-2-4-16(22)24/h8,12H,2-7,9-11H2,1H3. The first kappa shape index (κ1) is 15.3. The Bertz CT molecular complexity index is 735. The van der Waals surface area contributed by atoms with Crippen molar-refractivity contribution in [1.29, 1.82) is 0 Å². The molecule has 0 unspecified atom stereocenters. The molecule has 0 atom stereocenters. The van der Waals surface area contributed by atoms with Crippen molar-refractivity contribution >= 4 is 5.91 Å². The van der Waals surface area contributed by atoms with Gasteiger partial charge in [-0.3, -0.25) is 9.69 Å². The third-order valence-electron chi connectivity index (χ3n) is 4.93. The van der Waals surface area contributed by atoms with E-state index in [1.807, 2.05) is 24.5 Å². The topological polar surface area (TPSA) is 72.1 Å². The molecule has 4 heterocycles. The number of fused-ring (bicyclic) bond motifs is 1. The molecule has 0 aliphatic carbocycles. The maximum atomic E-state index is 11.9. The summed E-state index contributed by atoms with van der Waals surface area (Å²) in [5.74, 6) is 2.15. The molecule has 2 aliphatic heterocycles. The first-order valence-electron chi connectivity index (χ1n) is 8.57. The van der Waals surface area contributed by atoms with Crippen LogP contribution in [0.2, 0.25) is 0 Å². The molecule has 0 aromatic carbocycles. The van der Waals surface area contributed by atoms with Crippen LogP contribution in [0.1, 0.15) is 36.6 Å². The highest BCUT2D eigenvalue weighted by molar-refractivity contribution is 5.77. The van der Waals surface area contributed by atoms with E-state index in [9.17, 15) is 4.79 Å². The van der Waals surface area contributed by atoms with Gasteiger partial charge in [0.15, 0.2) is 5.82 Å². The Kier molecular flexibility index (Phi) is 4.05. The monoisotopic (exact) mass is 329 g/mol. The van der Waals surface area contributed by atoms with Crippen molar-refractivity contribution in [2.45, 2.75) is 45.4 Å². The van der Waals surface area contributed by atoms with Gasteiger partial charge in [-0.1, -0.05) is 0 Å². The summed E-state index contributed by atoms with van der Waals surface area (Å²) in [6.45, 7) is 5.02. The summed E-state index contributed by atoms with van der Waals surface area (Å²) in [6.07, 6.45) is 6.43. The van der Waals surface area contributed by atoms with Crippen LogP contribution in [0.25, 0.3) is 0 Å². The van der Waals surface area contributed by atoms with Crippen molar-refractivity contribution in [2.75, 3.05) is 13.1 Å². The minimum absolute atomic E-state index is 0.235. The van der Waals surface area contributed by atoms with E-state index in [-0.39, 0.29) is 5.91 Å². The first-order chi connectivity index (χ1) is 11.7. The summed E-state index contributed by atoms with van der Waals surface area (Å²) in [5.41, 5.74) is 1.20. The van der Waals surface area contributed by atoms with Crippen LogP contribution in [0.4, 0.5) is 0 Å². The van der Waals surface area contributed by atoms with Crippen LogP contribution in [-0.4, -0.2) is 53.1 Å². The van der Waals surface area contributed by atoms with E-state index in [2.05, 4.69) is 29.2 Å². The second-order valence-electron chi connectivity index (χ2n) is 6.66. The summed E-state index contributed by atoms with van der Waals surface area (Å²) in [4.78, 5) is 20.3. The average Bonchev–Trinajstić information content (AvgIpc) is 3.21. The van der Waals surface area contributed by atoms with Crippen molar-refractivity contribution in [2.24, 2.45) is 7.05 Å². The molecule has 0 radical (unpaired) electrons. The lowest BCUT2D eigenvalue weighted by atomic mass is 10.3. The molecular weight excluding hydrogens is 306 g/mol. The summed E-state index contributed by atoms with van der Waals surface area (Å²) in [5, 5.41) is 8.76. The fourth-order valence-corrected chi connectivity index (χ4v) is 3.54. The van der Waals surface area contributed by atoms with Gasteiger partial charge in [0.05, 0.1) is 25.1 Å². The number of carbonyl (C=O) groups is 1. The molecule has 128 valence electrons. The van der Waals surface area contributed by atoms with Crippen LogP contribution in [-0.2, 0) is 38.0 Å². The van der Waals surface area contributed by atoms with Crippen LogP contribution in [0.3, 0.4) is 0 Å². The number of rotatable bonds is 4. The van der Waals surface area contributed by atoms with Crippen molar-refractivity contribution in [3.8, 4) is 0 Å². The molecule has 2 aliphatic rings. The van der Waals surface area contributed by atoms with Crippen LogP contribution in [0.15, 0.2) is 12.5 Å². The Balaban J connectivity index is 1.48. The lowest BCUT2D eigenvalue weighted by Crippen LogP contribution is -2.26. The van der Waals surface area contributed by atoms with E-state index < -0.39 is 0 Å². The van der Waals surface area contributed by atoms with E-state index >= 15 is 0 Å². The molecular formula is C16H23N7O. The minimum Gasteiger partial charge on any atom is -0.337 e. The Labute approximate surface area is 141 Å². The van der Waals surface area contributed by atoms with Gasteiger partial charge in [-0.2, -0.15) is 0 Å². The highest BCUT2D eigenvalue weighted by Gasteiger charge is 2.25.